The Balaban J connectivity index is 1.36. The predicted octanol–water partition coefficient (Wildman–Crippen LogP) is -8.50. The molecular formula is C30H59N7O14. The Hall–Kier alpha value is -0.840. The smallest absolute Gasteiger partial charge is 0.187 e. The summed E-state index contributed by atoms with van der Waals surface area (Å²) in [6.07, 6.45) is -17.1. The van der Waals surface area contributed by atoms with Crippen molar-refractivity contribution in [3.63, 3.8) is 0 Å². The molecule has 19 N–H and O–H groups in total. The zero-order valence-corrected chi connectivity index (χ0v) is 28.5. The van der Waals surface area contributed by atoms with Gasteiger partial charge in [-0.1, -0.05) is 0 Å². The Bertz CT molecular complexity index is 1060. The molecule has 0 spiro atoms. The second kappa shape index (κ2) is 18.7. The Morgan fingerprint density at radius 1 is 0.667 bits per heavy atom. The van der Waals surface area contributed by atoms with Crippen molar-refractivity contribution in [3.05, 3.63) is 0 Å². The lowest BCUT2D eigenvalue weighted by Gasteiger charge is -2.47. The average Bonchev–Trinajstić information content (AvgIpc) is 3.46. The first-order chi connectivity index (χ1) is 24.4. The molecule has 1 saturated carbocycles. The summed E-state index contributed by atoms with van der Waals surface area (Å²) in [6.45, 7) is 0.941. The van der Waals surface area contributed by atoms with E-state index in [-0.39, 0.29) is 25.6 Å². The van der Waals surface area contributed by atoms with Gasteiger partial charge in [-0.15, -0.1) is 0 Å². The molecular weight excluding hydrogens is 682 g/mol. The third-order valence-electron chi connectivity index (χ3n) is 10.4. The zero-order chi connectivity index (χ0) is 37.0. The van der Waals surface area contributed by atoms with Crippen molar-refractivity contribution in [3.8, 4) is 0 Å². The van der Waals surface area contributed by atoms with E-state index in [9.17, 15) is 35.7 Å². The van der Waals surface area contributed by atoms with Crippen LogP contribution in [0.5, 0.6) is 0 Å². The van der Waals surface area contributed by atoms with Gasteiger partial charge < -0.3 is 108 Å². The molecule has 4 aliphatic heterocycles. The van der Waals surface area contributed by atoms with Crippen molar-refractivity contribution < 1.29 is 68.9 Å². The van der Waals surface area contributed by atoms with Crippen LogP contribution in [0.4, 0.5) is 0 Å². The third-order valence-corrected chi connectivity index (χ3v) is 10.4. The zero-order valence-electron chi connectivity index (χ0n) is 28.5. The van der Waals surface area contributed by atoms with Crippen molar-refractivity contribution >= 4 is 0 Å². The molecule has 5 rings (SSSR count). The van der Waals surface area contributed by atoms with Crippen LogP contribution in [-0.2, 0) is 33.2 Å². The van der Waals surface area contributed by atoms with Crippen LogP contribution < -0.4 is 39.3 Å². The van der Waals surface area contributed by atoms with Crippen molar-refractivity contribution in [2.24, 2.45) is 28.7 Å². The van der Waals surface area contributed by atoms with Gasteiger partial charge in [0.05, 0.1) is 38.0 Å². The van der Waals surface area contributed by atoms with Crippen LogP contribution in [0.25, 0.3) is 0 Å². The maximum atomic E-state index is 11.3. The van der Waals surface area contributed by atoms with Gasteiger partial charge >= 0.3 is 0 Å². The molecule has 21 heteroatoms. The highest BCUT2D eigenvalue weighted by Gasteiger charge is 2.55. The third kappa shape index (κ3) is 9.35. The first-order valence-corrected chi connectivity index (χ1v) is 17.7. The number of ether oxygens (including phenoxy) is 7. The molecule has 5 fully saturated rings. The Morgan fingerprint density at radius 3 is 1.86 bits per heavy atom. The van der Waals surface area contributed by atoms with E-state index in [1.807, 2.05) is 0 Å². The summed E-state index contributed by atoms with van der Waals surface area (Å²) in [5, 5.41) is 80.0. The van der Waals surface area contributed by atoms with Crippen LogP contribution in [0.15, 0.2) is 0 Å². The van der Waals surface area contributed by atoms with Crippen LogP contribution in [0.1, 0.15) is 19.3 Å². The van der Waals surface area contributed by atoms with Gasteiger partial charge in [-0.25, -0.2) is 0 Å². The number of hydrogen-bond donors (Lipinski definition) is 14. The number of aliphatic hydroxyl groups excluding tert-OH is 7. The van der Waals surface area contributed by atoms with E-state index in [1.165, 1.54) is 0 Å². The number of rotatable bonds is 14. The second-order valence-corrected chi connectivity index (χ2v) is 14.0. The highest BCUT2D eigenvalue weighted by atomic mass is 16.8. The summed E-state index contributed by atoms with van der Waals surface area (Å²) in [6, 6.07) is -3.97. The topological polar surface area (TPSA) is 360 Å². The van der Waals surface area contributed by atoms with E-state index < -0.39 is 129 Å². The quantitative estimate of drug-likeness (QED) is 0.0735. The molecule has 4 heterocycles. The number of nitrogens with two attached hydrogens (primary N) is 5. The molecule has 20 atom stereocenters. The summed E-state index contributed by atoms with van der Waals surface area (Å²) in [5.74, 6) is 0. The van der Waals surface area contributed by atoms with Gasteiger partial charge in [0.2, 0.25) is 0 Å². The van der Waals surface area contributed by atoms with Crippen molar-refractivity contribution in [2.45, 2.75) is 142 Å². The lowest BCUT2D eigenvalue weighted by atomic mass is 9.84. The maximum Gasteiger partial charge on any atom is 0.187 e. The number of nitrogens with one attached hydrogen (secondary N) is 2. The first-order valence-electron chi connectivity index (χ1n) is 17.7. The van der Waals surface area contributed by atoms with Gasteiger partial charge in [0, 0.05) is 37.8 Å². The molecule has 0 aromatic carbocycles. The Morgan fingerprint density at radius 2 is 1.25 bits per heavy atom. The number of aliphatic hydroxyl groups is 7. The molecule has 5 aliphatic rings. The first kappa shape index (κ1) is 41.3. The van der Waals surface area contributed by atoms with E-state index in [2.05, 4.69) is 10.6 Å². The summed E-state index contributed by atoms with van der Waals surface area (Å²) in [7, 11) is 0. The van der Waals surface area contributed by atoms with Crippen LogP contribution in [0.3, 0.4) is 0 Å². The monoisotopic (exact) mass is 741 g/mol. The molecule has 4 saturated heterocycles. The fraction of sp³-hybridized carbons (Fsp3) is 1.00. The number of hydrogen-bond acceptors (Lipinski definition) is 21. The molecule has 21 nitrogen and oxygen atoms in total. The lowest BCUT2D eigenvalue weighted by molar-refractivity contribution is -0.311. The molecule has 298 valence electrons. The van der Waals surface area contributed by atoms with Crippen LogP contribution in [0, 0.1) is 0 Å². The summed E-state index contributed by atoms with van der Waals surface area (Å²) >= 11 is 0. The molecule has 0 amide bonds. The normalized spacial score (nSPS) is 49.6. The largest absolute Gasteiger partial charge is 0.394 e. The summed E-state index contributed by atoms with van der Waals surface area (Å²) in [4.78, 5) is 0. The molecule has 0 radical (unpaired) electrons. The van der Waals surface area contributed by atoms with Crippen LogP contribution in [0.2, 0.25) is 0 Å². The molecule has 0 aromatic heterocycles. The van der Waals surface area contributed by atoms with Gasteiger partial charge in [0.25, 0.3) is 0 Å². The van der Waals surface area contributed by atoms with Crippen molar-refractivity contribution in [1.29, 1.82) is 0 Å². The van der Waals surface area contributed by atoms with E-state index in [4.69, 9.17) is 61.8 Å². The Labute approximate surface area is 295 Å². The van der Waals surface area contributed by atoms with E-state index >= 15 is 0 Å². The highest BCUT2D eigenvalue weighted by Crippen LogP contribution is 2.35. The average molecular weight is 742 g/mol. The van der Waals surface area contributed by atoms with E-state index in [0.29, 0.717) is 6.54 Å². The van der Waals surface area contributed by atoms with Gasteiger partial charge in [0.1, 0.15) is 67.1 Å². The minimum atomic E-state index is -1.52. The molecule has 0 bridgehead atoms. The SMILES string of the molecule is NC[C@@H]1O[C@H](O[C@H]2[C@@H](OCCNC3CCCNC3)[C@H](O[C@@H]3[C@@H](O)[C@H](N)C[C@H](N)[C@H]3O[C@H]3O[C@H](CO)[C@@H](O)[C@H](O)[C@H]3N)O[C@@H]2CO)[C@H](N)[C@@H](O)[C@@H]1O. The molecule has 0 aromatic rings. The minimum absolute atomic E-state index is 0.0911. The standard InChI is InChI=1S/C30H59N7O14/c31-7-14-20(41)22(43)17(34)28(46-14)50-25-16(10-39)48-30(27(25)45-5-4-37-11-2-1-3-36-8-11)51-26-19(40)12(32)6-13(33)24(26)49-29-18(35)23(44)21(42)15(9-38)47-29/h11-30,36-44H,1-10,31-35H2/t11?,12-,13+,14+,15-,16-,17-,18-,19+,20-,21-,22-,23-,24-,25-,26-,27-,28-,29-,30+/m1/s1. The van der Waals surface area contributed by atoms with E-state index in [0.717, 1.165) is 25.9 Å². The summed E-state index contributed by atoms with van der Waals surface area (Å²) < 4.78 is 42.6. The van der Waals surface area contributed by atoms with Crippen LogP contribution >= 0.6 is 0 Å². The van der Waals surface area contributed by atoms with Crippen molar-refractivity contribution in [2.75, 3.05) is 46.0 Å². The Kier molecular flexibility index (Phi) is 15.1. The van der Waals surface area contributed by atoms with Gasteiger partial charge in [0.15, 0.2) is 18.9 Å². The maximum absolute atomic E-state index is 11.3. The van der Waals surface area contributed by atoms with Gasteiger partial charge in [-0.05, 0) is 25.8 Å². The minimum Gasteiger partial charge on any atom is -0.394 e. The fourth-order valence-electron chi connectivity index (χ4n) is 7.34. The van der Waals surface area contributed by atoms with Crippen LogP contribution in [-0.4, -0.2) is 204 Å². The van der Waals surface area contributed by atoms with Gasteiger partial charge in [-0.2, -0.15) is 0 Å². The molecule has 51 heavy (non-hydrogen) atoms. The summed E-state index contributed by atoms with van der Waals surface area (Å²) in [5.41, 5.74) is 30.8. The van der Waals surface area contributed by atoms with E-state index in [1.54, 1.807) is 0 Å². The van der Waals surface area contributed by atoms with Gasteiger partial charge in [-0.3, -0.25) is 0 Å². The fourth-order valence-corrected chi connectivity index (χ4v) is 7.34. The van der Waals surface area contributed by atoms with Crippen molar-refractivity contribution in [1.82, 2.24) is 10.6 Å². The second-order valence-electron chi connectivity index (χ2n) is 14.0. The number of piperidine rings is 1. The highest BCUT2D eigenvalue weighted by molar-refractivity contribution is 5.02. The lowest BCUT2D eigenvalue weighted by Crippen LogP contribution is -2.68. The molecule has 1 aliphatic carbocycles. The predicted molar refractivity (Wildman–Crippen MR) is 174 cm³/mol. The molecule has 1 unspecified atom stereocenters.